The van der Waals surface area contributed by atoms with Crippen LogP contribution in [0, 0.1) is 0 Å². The minimum Gasteiger partial charge on any atom is -0.305 e. The number of hydrogen-bond donors (Lipinski definition) is 0. The average Bonchev–Trinajstić information content (AvgIpc) is 2.17. The number of rotatable bonds is 4. The summed E-state index contributed by atoms with van der Waals surface area (Å²) in [6, 6.07) is 9.32. The maximum atomic E-state index is 11.9. The molecular weight excluding hydrogens is 222 g/mol. The van der Waals surface area contributed by atoms with Gasteiger partial charge in [-0.1, -0.05) is 30.3 Å². The molecule has 90 valence electrons. The van der Waals surface area contributed by atoms with E-state index in [0.29, 0.717) is 0 Å². The van der Waals surface area contributed by atoms with E-state index in [0.717, 1.165) is 5.56 Å². The second-order valence-corrected chi connectivity index (χ2v) is 6.53. The van der Waals surface area contributed by atoms with Crippen LogP contribution in [0.25, 0.3) is 0 Å². The van der Waals surface area contributed by atoms with Gasteiger partial charge in [-0.15, -0.1) is 0 Å². The standard InChI is InChI=1S/C12H19NO2S/c1-10(13(2)3)12(16(4,14)15)11-8-6-5-7-9-11/h5-10,12H,1-4H3/t10-,12?/m0/s1. The predicted molar refractivity (Wildman–Crippen MR) is 67.2 cm³/mol. The maximum Gasteiger partial charge on any atom is 0.155 e. The molecule has 0 radical (unpaired) electrons. The van der Waals surface area contributed by atoms with Crippen molar-refractivity contribution in [1.29, 1.82) is 0 Å². The highest BCUT2D eigenvalue weighted by Crippen LogP contribution is 2.27. The molecule has 0 amide bonds. The van der Waals surface area contributed by atoms with Crippen LogP contribution in [0.5, 0.6) is 0 Å². The van der Waals surface area contributed by atoms with Gasteiger partial charge in [0.15, 0.2) is 9.84 Å². The number of benzene rings is 1. The summed E-state index contributed by atoms with van der Waals surface area (Å²) < 4.78 is 23.7. The lowest BCUT2D eigenvalue weighted by Gasteiger charge is -2.28. The summed E-state index contributed by atoms with van der Waals surface area (Å²) in [6.07, 6.45) is 1.30. The third-order valence-corrected chi connectivity index (χ3v) is 4.43. The molecule has 0 N–H and O–H groups in total. The first-order valence-corrected chi connectivity index (χ1v) is 7.19. The van der Waals surface area contributed by atoms with Crippen LogP contribution >= 0.6 is 0 Å². The quantitative estimate of drug-likeness (QED) is 0.805. The van der Waals surface area contributed by atoms with Gasteiger partial charge in [0.05, 0.1) is 0 Å². The van der Waals surface area contributed by atoms with E-state index in [1.54, 1.807) is 0 Å². The molecule has 0 aliphatic rings. The van der Waals surface area contributed by atoms with E-state index in [4.69, 9.17) is 0 Å². The van der Waals surface area contributed by atoms with Crippen molar-refractivity contribution in [2.45, 2.75) is 18.2 Å². The van der Waals surface area contributed by atoms with Crippen LogP contribution in [0.15, 0.2) is 30.3 Å². The van der Waals surface area contributed by atoms with E-state index in [1.807, 2.05) is 56.3 Å². The van der Waals surface area contributed by atoms with Crippen LogP contribution in [-0.2, 0) is 9.84 Å². The van der Waals surface area contributed by atoms with Crippen LogP contribution < -0.4 is 0 Å². The van der Waals surface area contributed by atoms with Crippen molar-refractivity contribution in [3.05, 3.63) is 35.9 Å². The lowest BCUT2D eigenvalue weighted by atomic mass is 10.1. The monoisotopic (exact) mass is 241 g/mol. The molecule has 3 nitrogen and oxygen atoms in total. The van der Waals surface area contributed by atoms with Gasteiger partial charge in [-0.3, -0.25) is 0 Å². The zero-order valence-corrected chi connectivity index (χ0v) is 11.0. The molecule has 0 aliphatic heterocycles. The molecule has 0 bridgehead atoms. The summed E-state index contributed by atoms with van der Waals surface area (Å²) in [7, 11) is 0.685. The molecule has 0 saturated heterocycles. The molecule has 4 heteroatoms. The lowest BCUT2D eigenvalue weighted by molar-refractivity contribution is 0.302. The highest BCUT2D eigenvalue weighted by molar-refractivity contribution is 7.91. The normalized spacial score (nSPS) is 16.1. The Kier molecular flexibility index (Phi) is 4.10. The van der Waals surface area contributed by atoms with Gasteiger partial charge < -0.3 is 4.90 Å². The van der Waals surface area contributed by atoms with Gasteiger partial charge in [0.1, 0.15) is 5.25 Å². The molecule has 1 aromatic carbocycles. The SMILES string of the molecule is C[C@@H](C(c1ccccc1)S(C)(=O)=O)N(C)C. The van der Waals surface area contributed by atoms with Gasteiger partial charge >= 0.3 is 0 Å². The molecule has 0 aliphatic carbocycles. The van der Waals surface area contributed by atoms with Crippen molar-refractivity contribution >= 4 is 9.84 Å². The van der Waals surface area contributed by atoms with E-state index in [-0.39, 0.29) is 6.04 Å². The molecule has 2 atom stereocenters. The zero-order valence-electron chi connectivity index (χ0n) is 10.2. The van der Waals surface area contributed by atoms with Crippen LogP contribution in [0.2, 0.25) is 0 Å². The molecular formula is C12H19NO2S. The van der Waals surface area contributed by atoms with E-state index in [2.05, 4.69) is 0 Å². The van der Waals surface area contributed by atoms with Crippen LogP contribution in [0.4, 0.5) is 0 Å². The summed E-state index contributed by atoms with van der Waals surface area (Å²) in [6.45, 7) is 1.93. The first-order chi connectivity index (χ1) is 7.34. The van der Waals surface area contributed by atoms with Crippen molar-refractivity contribution < 1.29 is 8.42 Å². The summed E-state index contributed by atoms with van der Waals surface area (Å²) in [4.78, 5) is 1.93. The molecule has 1 rings (SSSR count). The first kappa shape index (κ1) is 13.2. The fraction of sp³-hybridized carbons (Fsp3) is 0.500. The Balaban J connectivity index is 3.18. The van der Waals surface area contributed by atoms with E-state index in [9.17, 15) is 8.42 Å². The minimum atomic E-state index is -3.10. The molecule has 1 unspecified atom stereocenters. The second kappa shape index (κ2) is 4.97. The summed E-state index contributed by atoms with van der Waals surface area (Å²) in [5, 5.41) is -0.469. The largest absolute Gasteiger partial charge is 0.305 e. The summed E-state index contributed by atoms with van der Waals surface area (Å²) in [5.41, 5.74) is 0.853. The molecule has 0 aromatic heterocycles. The van der Waals surface area contributed by atoms with Gasteiger partial charge in [0.25, 0.3) is 0 Å². The van der Waals surface area contributed by atoms with Gasteiger partial charge in [0.2, 0.25) is 0 Å². The van der Waals surface area contributed by atoms with Gasteiger partial charge in [0, 0.05) is 12.3 Å². The van der Waals surface area contributed by atoms with Gasteiger partial charge in [-0.25, -0.2) is 8.42 Å². The number of likely N-dealkylation sites (N-methyl/N-ethyl adjacent to an activating group) is 1. The smallest absolute Gasteiger partial charge is 0.155 e. The van der Waals surface area contributed by atoms with Crippen molar-refractivity contribution in [2.24, 2.45) is 0 Å². The minimum absolute atomic E-state index is 0.0441. The number of hydrogen-bond acceptors (Lipinski definition) is 3. The van der Waals surface area contributed by atoms with Gasteiger partial charge in [-0.05, 0) is 26.6 Å². The van der Waals surface area contributed by atoms with Crippen LogP contribution in [0.3, 0.4) is 0 Å². The maximum absolute atomic E-state index is 11.9. The van der Waals surface area contributed by atoms with E-state index >= 15 is 0 Å². The predicted octanol–water partition coefficient (Wildman–Crippen LogP) is 1.72. The number of nitrogens with zero attached hydrogens (tertiary/aromatic N) is 1. The molecule has 0 fully saturated rings. The number of sulfone groups is 1. The van der Waals surface area contributed by atoms with E-state index in [1.165, 1.54) is 6.26 Å². The fourth-order valence-corrected chi connectivity index (χ4v) is 3.41. The molecule has 1 aromatic rings. The van der Waals surface area contributed by atoms with Crippen LogP contribution in [0.1, 0.15) is 17.7 Å². The van der Waals surface area contributed by atoms with Crippen molar-refractivity contribution in [1.82, 2.24) is 4.90 Å². The Morgan fingerprint density at radius 1 is 1.12 bits per heavy atom. The Labute approximate surface area is 98.0 Å². The third-order valence-electron chi connectivity index (χ3n) is 2.84. The Hall–Kier alpha value is -0.870. The van der Waals surface area contributed by atoms with Gasteiger partial charge in [-0.2, -0.15) is 0 Å². The van der Waals surface area contributed by atoms with Crippen molar-refractivity contribution in [3.8, 4) is 0 Å². The second-order valence-electron chi connectivity index (χ2n) is 4.37. The summed E-state index contributed by atoms with van der Waals surface area (Å²) >= 11 is 0. The van der Waals surface area contributed by atoms with E-state index < -0.39 is 15.1 Å². The molecule has 16 heavy (non-hydrogen) atoms. The molecule has 0 spiro atoms. The highest BCUT2D eigenvalue weighted by Gasteiger charge is 2.29. The fourth-order valence-electron chi connectivity index (χ4n) is 1.80. The Morgan fingerprint density at radius 3 is 2.00 bits per heavy atom. The molecule has 0 heterocycles. The zero-order chi connectivity index (χ0) is 12.3. The molecule has 0 saturated carbocycles. The highest BCUT2D eigenvalue weighted by atomic mass is 32.2. The Morgan fingerprint density at radius 2 is 1.62 bits per heavy atom. The average molecular weight is 241 g/mol. The first-order valence-electron chi connectivity index (χ1n) is 5.24. The van der Waals surface area contributed by atoms with Crippen molar-refractivity contribution in [2.75, 3.05) is 20.4 Å². The van der Waals surface area contributed by atoms with Crippen molar-refractivity contribution in [3.63, 3.8) is 0 Å². The van der Waals surface area contributed by atoms with Crippen LogP contribution in [-0.4, -0.2) is 39.7 Å². The third kappa shape index (κ3) is 3.06. The summed E-state index contributed by atoms with van der Waals surface area (Å²) in [5.74, 6) is 0. The Bertz CT molecular complexity index is 426. The topological polar surface area (TPSA) is 37.4 Å². The lowest BCUT2D eigenvalue weighted by Crippen LogP contribution is -2.35.